The van der Waals surface area contributed by atoms with Crippen molar-refractivity contribution in [2.24, 2.45) is 5.73 Å². The molecule has 1 aromatic rings. The smallest absolute Gasteiger partial charge is 0.0409 e. The van der Waals surface area contributed by atoms with Crippen LogP contribution in [0.4, 0.5) is 0 Å². The minimum atomic E-state index is 0.559. The molecule has 1 saturated heterocycles. The molecular formula is C12H17ClN2. The summed E-state index contributed by atoms with van der Waals surface area (Å²) in [6.07, 6.45) is 2.50. The van der Waals surface area contributed by atoms with E-state index in [2.05, 4.69) is 11.0 Å². The Morgan fingerprint density at radius 2 is 2.33 bits per heavy atom. The second kappa shape index (κ2) is 4.97. The van der Waals surface area contributed by atoms with Crippen LogP contribution in [0.15, 0.2) is 24.3 Å². The van der Waals surface area contributed by atoms with Crippen molar-refractivity contribution in [1.82, 2.24) is 4.90 Å². The monoisotopic (exact) mass is 224 g/mol. The van der Waals surface area contributed by atoms with Crippen molar-refractivity contribution in [3.63, 3.8) is 0 Å². The van der Waals surface area contributed by atoms with Gasteiger partial charge >= 0.3 is 0 Å². The van der Waals surface area contributed by atoms with Crippen molar-refractivity contribution in [2.75, 3.05) is 13.1 Å². The summed E-state index contributed by atoms with van der Waals surface area (Å²) < 4.78 is 0. The Morgan fingerprint density at radius 3 is 3.07 bits per heavy atom. The predicted octanol–water partition coefficient (Wildman–Crippen LogP) is 2.26. The molecule has 2 nitrogen and oxygen atoms in total. The third-order valence-electron chi connectivity index (χ3n) is 3.05. The van der Waals surface area contributed by atoms with Gasteiger partial charge in [-0.3, -0.25) is 4.90 Å². The highest BCUT2D eigenvalue weighted by Crippen LogP contribution is 2.20. The highest BCUT2D eigenvalue weighted by Gasteiger charge is 2.22. The normalized spacial score (nSPS) is 22.1. The van der Waals surface area contributed by atoms with Crippen molar-refractivity contribution < 1.29 is 0 Å². The van der Waals surface area contributed by atoms with E-state index in [1.807, 2.05) is 18.2 Å². The molecule has 1 unspecified atom stereocenters. The Kier molecular flexibility index (Phi) is 3.62. The van der Waals surface area contributed by atoms with Gasteiger partial charge in [-0.2, -0.15) is 0 Å². The van der Waals surface area contributed by atoms with Crippen LogP contribution in [0, 0.1) is 0 Å². The second-order valence-electron chi connectivity index (χ2n) is 4.13. The lowest BCUT2D eigenvalue weighted by Gasteiger charge is -2.23. The summed E-state index contributed by atoms with van der Waals surface area (Å²) in [5, 5.41) is 0.816. The van der Waals surface area contributed by atoms with Gasteiger partial charge in [0.2, 0.25) is 0 Å². The van der Waals surface area contributed by atoms with Crippen LogP contribution in [0.3, 0.4) is 0 Å². The van der Waals surface area contributed by atoms with Gasteiger partial charge in [0.25, 0.3) is 0 Å². The van der Waals surface area contributed by atoms with Crippen LogP contribution in [0.2, 0.25) is 5.02 Å². The molecule has 1 aromatic carbocycles. The zero-order valence-corrected chi connectivity index (χ0v) is 9.58. The minimum absolute atomic E-state index is 0.559. The maximum Gasteiger partial charge on any atom is 0.0409 e. The van der Waals surface area contributed by atoms with E-state index in [0.717, 1.165) is 24.7 Å². The second-order valence-corrected chi connectivity index (χ2v) is 4.57. The topological polar surface area (TPSA) is 29.3 Å². The molecule has 0 aliphatic carbocycles. The average molecular weight is 225 g/mol. The lowest BCUT2D eigenvalue weighted by molar-refractivity contribution is 0.250. The molecule has 0 saturated carbocycles. The molecule has 1 atom stereocenters. The van der Waals surface area contributed by atoms with Crippen molar-refractivity contribution >= 4 is 11.6 Å². The number of hydrogen-bond acceptors (Lipinski definition) is 2. The van der Waals surface area contributed by atoms with Gasteiger partial charge in [0, 0.05) is 24.2 Å². The first-order valence-electron chi connectivity index (χ1n) is 5.48. The van der Waals surface area contributed by atoms with Crippen molar-refractivity contribution in [3.05, 3.63) is 34.9 Å². The van der Waals surface area contributed by atoms with Crippen LogP contribution in [0.25, 0.3) is 0 Å². The SMILES string of the molecule is NCC1CCCN1Cc1cccc(Cl)c1. The summed E-state index contributed by atoms with van der Waals surface area (Å²) in [6.45, 7) is 2.90. The highest BCUT2D eigenvalue weighted by atomic mass is 35.5. The lowest BCUT2D eigenvalue weighted by Crippen LogP contribution is -2.34. The highest BCUT2D eigenvalue weighted by molar-refractivity contribution is 6.30. The van der Waals surface area contributed by atoms with E-state index >= 15 is 0 Å². The molecule has 1 aliphatic heterocycles. The summed E-state index contributed by atoms with van der Waals surface area (Å²) in [4.78, 5) is 2.45. The molecule has 0 aromatic heterocycles. The maximum absolute atomic E-state index is 5.96. The van der Waals surface area contributed by atoms with Gasteiger partial charge in [-0.1, -0.05) is 23.7 Å². The first-order chi connectivity index (χ1) is 7.29. The van der Waals surface area contributed by atoms with E-state index in [1.54, 1.807) is 0 Å². The molecule has 0 bridgehead atoms. The van der Waals surface area contributed by atoms with Gasteiger partial charge in [-0.15, -0.1) is 0 Å². The van der Waals surface area contributed by atoms with E-state index < -0.39 is 0 Å². The number of hydrogen-bond donors (Lipinski definition) is 1. The fourth-order valence-electron chi connectivity index (χ4n) is 2.24. The summed E-state index contributed by atoms with van der Waals surface area (Å²) >= 11 is 5.96. The fourth-order valence-corrected chi connectivity index (χ4v) is 2.45. The Hall–Kier alpha value is -0.570. The molecule has 1 fully saturated rings. The van der Waals surface area contributed by atoms with Gasteiger partial charge in [0.15, 0.2) is 0 Å². The summed E-state index contributed by atoms with van der Waals surface area (Å²) in [7, 11) is 0. The fraction of sp³-hybridized carbons (Fsp3) is 0.500. The van der Waals surface area contributed by atoms with Crippen molar-refractivity contribution in [3.8, 4) is 0 Å². The zero-order valence-electron chi connectivity index (χ0n) is 8.82. The third kappa shape index (κ3) is 2.71. The van der Waals surface area contributed by atoms with Crippen LogP contribution in [-0.2, 0) is 6.54 Å². The maximum atomic E-state index is 5.96. The molecule has 0 amide bonds. The first-order valence-corrected chi connectivity index (χ1v) is 5.86. The molecule has 2 rings (SSSR count). The van der Waals surface area contributed by atoms with E-state index in [4.69, 9.17) is 17.3 Å². The Bertz CT molecular complexity index is 327. The first kappa shape index (κ1) is 10.9. The number of nitrogens with two attached hydrogens (primary N) is 1. The third-order valence-corrected chi connectivity index (χ3v) is 3.28. The molecule has 0 spiro atoms. The minimum Gasteiger partial charge on any atom is -0.329 e. The van der Waals surface area contributed by atoms with Gasteiger partial charge in [-0.25, -0.2) is 0 Å². The molecule has 0 radical (unpaired) electrons. The van der Waals surface area contributed by atoms with Gasteiger partial charge in [0.1, 0.15) is 0 Å². The Morgan fingerprint density at radius 1 is 1.47 bits per heavy atom. The Balaban J connectivity index is 2.02. The molecule has 1 aliphatic rings. The predicted molar refractivity (Wildman–Crippen MR) is 63.9 cm³/mol. The van der Waals surface area contributed by atoms with Gasteiger partial charge in [0.05, 0.1) is 0 Å². The number of benzene rings is 1. The Labute approximate surface area is 96.0 Å². The molecule has 3 heteroatoms. The number of rotatable bonds is 3. The van der Waals surface area contributed by atoms with Crippen molar-refractivity contribution in [2.45, 2.75) is 25.4 Å². The van der Waals surface area contributed by atoms with Crippen LogP contribution in [0.5, 0.6) is 0 Å². The molecule has 15 heavy (non-hydrogen) atoms. The van der Waals surface area contributed by atoms with E-state index in [1.165, 1.54) is 18.4 Å². The number of nitrogens with zero attached hydrogens (tertiary/aromatic N) is 1. The molecule has 1 heterocycles. The summed E-state index contributed by atoms with van der Waals surface area (Å²) in [5.74, 6) is 0. The van der Waals surface area contributed by atoms with E-state index in [0.29, 0.717) is 6.04 Å². The van der Waals surface area contributed by atoms with Crippen LogP contribution in [-0.4, -0.2) is 24.0 Å². The van der Waals surface area contributed by atoms with Crippen LogP contribution < -0.4 is 5.73 Å². The standard InChI is InChI=1S/C12H17ClN2/c13-11-4-1-3-10(7-11)9-15-6-2-5-12(15)8-14/h1,3-4,7,12H,2,5-6,8-9,14H2. The van der Waals surface area contributed by atoms with Gasteiger partial charge in [-0.05, 0) is 37.1 Å². The van der Waals surface area contributed by atoms with E-state index in [-0.39, 0.29) is 0 Å². The van der Waals surface area contributed by atoms with Gasteiger partial charge < -0.3 is 5.73 Å². The number of halogens is 1. The largest absolute Gasteiger partial charge is 0.329 e. The molecule has 2 N–H and O–H groups in total. The summed E-state index contributed by atoms with van der Waals surface area (Å²) in [5.41, 5.74) is 7.02. The quantitative estimate of drug-likeness (QED) is 0.854. The number of likely N-dealkylation sites (tertiary alicyclic amines) is 1. The summed E-state index contributed by atoms with van der Waals surface area (Å²) in [6, 6.07) is 8.63. The lowest BCUT2D eigenvalue weighted by atomic mass is 10.2. The van der Waals surface area contributed by atoms with Crippen LogP contribution >= 0.6 is 11.6 Å². The average Bonchev–Trinajstić information content (AvgIpc) is 2.65. The van der Waals surface area contributed by atoms with Crippen LogP contribution in [0.1, 0.15) is 18.4 Å². The van der Waals surface area contributed by atoms with Crippen molar-refractivity contribution in [1.29, 1.82) is 0 Å². The molecule has 82 valence electrons. The van der Waals surface area contributed by atoms with E-state index in [9.17, 15) is 0 Å². The molecular weight excluding hydrogens is 208 g/mol. The zero-order chi connectivity index (χ0) is 10.7.